The van der Waals surface area contributed by atoms with Crippen LogP contribution in [0.4, 0.5) is 0 Å². The van der Waals surface area contributed by atoms with Gasteiger partial charge in [0.15, 0.2) is 0 Å². The topological polar surface area (TPSA) is 85.4 Å². The van der Waals surface area contributed by atoms with Crippen LogP contribution in [0.1, 0.15) is 59.7 Å². The molecule has 0 unspecified atom stereocenters. The highest BCUT2D eigenvalue weighted by molar-refractivity contribution is 7.88. The lowest BCUT2D eigenvalue weighted by Gasteiger charge is -2.34. The predicted octanol–water partition coefficient (Wildman–Crippen LogP) is 3.95. The normalized spacial score (nSPS) is 26.8. The molecule has 8 nitrogen and oxygen atoms in total. The van der Waals surface area contributed by atoms with Crippen LogP contribution in [-0.2, 0) is 31.7 Å². The number of benzene rings is 2. The van der Waals surface area contributed by atoms with Gasteiger partial charge in [0.05, 0.1) is 31.1 Å². The molecule has 0 aromatic heterocycles. The Morgan fingerprint density at radius 3 is 2.46 bits per heavy atom. The molecule has 0 radical (unpaired) electrons. The van der Waals surface area contributed by atoms with Crippen LogP contribution in [0.15, 0.2) is 42.5 Å². The van der Waals surface area contributed by atoms with Gasteiger partial charge in [-0.3, -0.25) is 4.79 Å². The predicted molar refractivity (Wildman–Crippen MR) is 149 cm³/mol. The van der Waals surface area contributed by atoms with Gasteiger partial charge in [-0.2, -0.15) is 0 Å². The van der Waals surface area contributed by atoms with E-state index >= 15 is 0 Å². The van der Waals surface area contributed by atoms with E-state index in [1.54, 1.807) is 29.4 Å². The Morgan fingerprint density at radius 1 is 1.08 bits per heavy atom. The molecule has 3 aliphatic heterocycles. The van der Waals surface area contributed by atoms with Crippen LogP contribution in [0.25, 0.3) is 0 Å². The van der Waals surface area contributed by atoms with Gasteiger partial charge in [-0.1, -0.05) is 37.3 Å². The Balaban J connectivity index is 1.25. The van der Waals surface area contributed by atoms with Crippen molar-refractivity contribution in [2.75, 3.05) is 27.2 Å². The second-order valence-corrected chi connectivity index (χ2v) is 13.1. The van der Waals surface area contributed by atoms with Gasteiger partial charge in [0.1, 0.15) is 18.0 Å². The fourth-order valence-electron chi connectivity index (χ4n) is 6.29. The van der Waals surface area contributed by atoms with E-state index in [1.807, 2.05) is 43.3 Å². The quantitative estimate of drug-likeness (QED) is 0.465. The number of hydrogen-bond acceptors (Lipinski definition) is 6. The number of carbonyl (C=O) groups is 1. The average Bonchev–Trinajstić information content (AvgIpc) is 3.48. The van der Waals surface area contributed by atoms with E-state index in [2.05, 4.69) is 6.92 Å². The molecule has 3 fully saturated rings. The molecule has 3 saturated heterocycles. The fourth-order valence-corrected chi connectivity index (χ4v) is 7.72. The third kappa shape index (κ3) is 6.01. The van der Waals surface area contributed by atoms with Gasteiger partial charge >= 0.3 is 0 Å². The molecule has 3 aliphatic rings. The zero-order chi connectivity index (χ0) is 27.7. The van der Waals surface area contributed by atoms with Gasteiger partial charge in [-0.15, -0.1) is 0 Å². The summed E-state index contributed by atoms with van der Waals surface area (Å²) in [4.78, 5) is 15.3. The molecule has 1 amide bonds. The van der Waals surface area contributed by atoms with Crippen LogP contribution >= 0.6 is 0 Å². The van der Waals surface area contributed by atoms with E-state index < -0.39 is 10.0 Å². The maximum atomic E-state index is 13.5. The van der Waals surface area contributed by atoms with Crippen LogP contribution in [0.5, 0.6) is 5.75 Å². The van der Waals surface area contributed by atoms with Crippen molar-refractivity contribution in [3.8, 4) is 5.75 Å². The number of aryl methyl sites for hydroxylation is 2. The number of carbonyl (C=O) groups excluding carboxylic acids is 1. The molecule has 0 N–H and O–H groups in total. The molecule has 9 heteroatoms. The Morgan fingerprint density at radius 2 is 1.77 bits per heavy atom. The molecular formula is C30H40N2O6S. The zero-order valence-electron chi connectivity index (χ0n) is 23.3. The van der Waals surface area contributed by atoms with Gasteiger partial charge in [-0.25, -0.2) is 12.7 Å². The Bertz CT molecular complexity index is 1290. The molecule has 0 spiro atoms. The number of fused-ring (bicyclic) bond motifs is 2. The van der Waals surface area contributed by atoms with Crippen molar-refractivity contribution in [3.05, 3.63) is 64.7 Å². The highest BCUT2D eigenvalue weighted by Gasteiger charge is 2.40. The fraction of sp³-hybridized carbons (Fsp3) is 0.567. The van der Waals surface area contributed by atoms with E-state index in [9.17, 15) is 13.2 Å². The summed E-state index contributed by atoms with van der Waals surface area (Å²) < 4.78 is 46.1. The highest BCUT2D eigenvalue weighted by Crippen LogP contribution is 2.35. The summed E-state index contributed by atoms with van der Waals surface area (Å²) in [7, 11) is -0.190. The molecule has 212 valence electrons. The van der Waals surface area contributed by atoms with Crippen LogP contribution in [0.2, 0.25) is 0 Å². The van der Waals surface area contributed by atoms with E-state index in [0.29, 0.717) is 24.4 Å². The first kappa shape index (κ1) is 28.1. The number of sulfonamides is 1. The molecule has 39 heavy (non-hydrogen) atoms. The van der Waals surface area contributed by atoms with Crippen molar-refractivity contribution >= 4 is 15.9 Å². The maximum absolute atomic E-state index is 13.5. The van der Waals surface area contributed by atoms with Crippen LogP contribution in [-0.4, -0.2) is 81.2 Å². The first-order valence-corrected chi connectivity index (χ1v) is 15.6. The summed E-state index contributed by atoms with van der Waals surface area (Å²) >= 11 is 0. The Hall–Kier alpha value is -2.46. The van der Waals surface area contributed by atoms with Crippen molar-refractivity contribution in [1.82, 2.24) is 9.21 Å². The number of nitrogens with zero attached hydrogens (tertiary/aromatic N) is 2. The summed E-state index contributed by atoms with van der Waals surface area (Å²) in [5.74, 6) is 0.465. The van der Waals surface area contributed by atoms with Crippen molar-refractivity contribution in [2.45, 2.75) is 82.2 Å². The number of hydrogen-bond donors (Lipinski definition) is 0. The molecule has 3 heterocycles. The summed E-state index contributed by atoms with van der Waals surface area (Å²) in [5, 5.41) is 0. The molecule has 5 atom stereocenters. The van der Waals surface area contributed by atoms with Crippen molar-refractivity contribution in [2.24, 2.45) is 0 Å². The first-order chi connectivity index (χ1) is 18.7. The summed E-state index contributed by atoms with van der Waals surface area (Å²) in [6.45, 7) is 4.85. The standard InChI is InChI=1S/C30H40N2O6S/c1-5-22-10-6-8-20(2)29(22)30(33)32-17-27(36-4)28(18-32)38-24-11-7-9-21(14-24)19-39(34,35)31(3)23-15-25-12-13-26(16-23)37-25/h6-11,14,23,25-28H,5,12-13,15-19H2,1-4H3/t23-,25-,26+,27-,28-/m1/s1. The van der Waals surface area contributed by atoms with Gasteiger partial charge in [0.25, 0.3) is 5.91 Å². The highest BCUT2D eigenvalue weighted by atomic mass is 32.2. The third-order valence-corrected chi connectivity index (χ3v) is 10.4. The van der Waals surface area contributed by atoms with Gasteiger partial charge < -0.3 is 19.1 Å². The minimum absolute atomic E-state index is 0.0115. The van der Waals surface area contributed by atoms with E-state index in [1.165, 1.54) is 0 Å². The number of methoxy groups -OCH3 is 1. The smallest absolute Gasteiger partial charge is 0.254 e. The molecule has 0 aliphatic carbocycles. The molecule has 0 saturated carbocycles. The molecule has 2 aromatic carbocycles. The number of ether oxygens (including phenoxy) is 3. The van der Waals surface area contributed by atoms with Gasteiger partial charge in [-0.05, 0) is 67.9 Å². The Kier molecular flexibility index (Phi) is 8.33. The molecule has 2 bridgehead atoms. The molecule has 5 rings (SSSR count). The van der Waals surface area contributed by atoms with E-state index in [4.69, 9.17) is 14.2 Å². The van der Waals surface area contributed by atoms with Crippen molar-refractivity contribution in [1.29, 1.82) is 0 Å². The second-order valence-electron chi connectivity index (χ2n) is 11.1. The lowest BCUT2D eigenvalue weighted by molar-refractivity contribution is -0.0189. The number of rotatable bonds is 9. The lowest BCUT2D eigenvalue weighted by atomic mass is 9.99. The second kappa shape index (κ2) is 11.6. The van der Waals surface area contributed by atoms with Gasteiger partial charge in [0, 0.05) is 25.8 Å². The lowest BCUT2D eigenvalue weighted by Crippen LogP contribution is -2.43. The van der Waals surface area contributed by atoms with Crippen LogP contribution < -0.4 is 4.74 Å². The third-order valence-electron chi connectivity index (χ3n) is 8.51. The summed E-state index contributed by atoms with van der Waals surface area (Å²) in [6, 6.07) is 13.2. The van der Waals surface area contributed by atoms with Crippen LogP contribution in [0, 0.1) is 6.92 Å². The van der Waals surface area contributed by atoms with Crippen LogP contribution in [0.3, 0.4) is 0 Å². The van der Waals surface area contributed by atoms with Crippen molar-refractivity contribution < 1.29 is 27.4 Å². The first-order valence-electron chi connectivity index (χ1n) is 14.0. The molecule has 2 aromatic rings. The number of amides is 1. The van der Waals surface area contributed by atoms with E-state index in [-0.39, 0.29) is 42.1 Å². The van der Waals surface area contributed by atoms with Gasteiger partial charge in [0.2, 0.25) is 10.0 Å². The molecular weight excluding hydrogens is 516 g/mol. The largest absolute Gasteiger partial charge is 0.486 e. The summed E-state index contributed by atoms with van der Waals surface area (Å²) in [5.41, 5.74) is 3.42. The minimum atomic E-state index is -3.51. The zero-order valence-corrected chi connectivity index (χ0v) is 24.2. The minimum Gasteiger partial charge on any atom is -0.486 e. The monoisotopic (exact) mass is 556 g/mol. The Labute approximate surface area is 232 Å². The average molecular weight is 557 g/mol. The van der Waals surface area contributed by atoms with Crippen molar-refractivity contribution in [3.63, 3.8) is 0 Å². The maximum Gasteiger partial charge on any atom is 0.254 e. The van der Waals surface area contributed by atoms with E-state index in [0.717, 1.165) is 48.8 Å². The summed E-state index contributed by atoms with van der Waals surface area (Å²) in [6.07, 6.45) is 4.04. The SMILES string of the molecule is CCc1cccc(C)c1C(=O)N1C[C@@H](OC)[C@H](Oc2cccc(CS(=O)(=O)N(C)[C@@H]3C[C@H]4CC[C@@H](C3)O4)c2)C1. The number of likely N-dealkylation sites (tertiary alicyclic amines) is 1.